The van der Waals surface area contributed by atoms with Gasteiger partial charge >= 0.3 is 5.97 Å². The summed E-state index contributed by atoms with van der Waals surface area (Å²) in [4.78, 5) is 49.0. The summed E-state index contributed by atoms with van der Waals surface area (Å²) in [7, 11) is 1.61. The predicted octanol–water partition coefficient (Wildman–Crippen LogP) is 0.796. The van der Waals surface area contributed by atoms with E-state index in [0.717, 1.165) is 5.56 Å². The van der Waals surface area contributed by atoms with Gasteiger partial charge in [0, 0.05) is 13.6 Å². The Labute approximate surface area is 166 Å². The summed E-state index contributed by atoms with van der Waals surface area (Å²) in [6.07, 6.45) is 0. The van der Waals surface area contributed by atoms with Crippen LogP contribution in [0.1, 0.15) is 15.2 Å². The van der Waals surface area contributed by atoms with Crippen LogP contribution in [0.5, 0.6) is 0 Å². The molecule has 2 aromatic rings. The summed E-state index contributed by atoms with van der Waals surface area (Å²) in [6.45, 7) is -0.656. The van der Waals surface area contributed by atoms with Crippen molar-refractivity contribution in [3.05, 3.63) is 58.3 Å². The van der Waals surface area contributed by atoms with E-state index in [-0.39, 0.29) is 24.9 Å². The van der Waals surface area contributed by atoms with Crippen molar-refractivity contribution < 1.29 is 23.9 Å². The van der Waals surface area contributed by atoms with Crippen molar-refractivity contribution in [2.45, 2.75) is 6.54 Å². The number of hydrogen-bond acceptors (Lipinski definition) is 6. The molecule has 9 heteroatoms. The molecule has 1 heterocycles. The van der Waals surface area contributed by atoms with Crippen LogP contribution in [-0.2, 0) is 25.7 Å². The van der Waals surface area contributed by atoms with Gasteiger partial charge in [-0.1, -0.05) is 36.4 Å². The lowest BCUT2D eigenvalue weighted by molar-refractivity contribution is -0.151. The monoisotopic (exact) mass is 403 g/mol. The minimum absolute atomic E-state index is 0.261. The third kappa shape index (κ3) is 7.20. The van der Waals surface area contributed by atoms with Crippen molar-refractivity contribution in [1.82, 2.24) is 15.5 Å². The third-order valence-corrected chi connectivity index (χ3v) is 4.50. The van der Waals surface area contributed by atoms with Crippen molar-refractivity contribution in [2.75, 3.05) is 26.7 Å². The molecule has 0 atom stereocenters. The molecule has 148 valence electrons. The number of rotatable bonds is 9. The number of ether oxygens (including phenoxy) is 1. The van der Waals surface area contributed by atoms with E-state index in [2.05, 4.69) is 10.6 Å². The van der Waals surface area contributed by atoms with Gasteiger partial charge in [0.2, 0.25) is 5.91 Å². The Morgan fingerprint density at radius 2 is 1.75 bits per heavy atom. The van der Waals surface area contributed by atoms with Gasteiger partial charge in [-0.25, -0.2) is 0 Å². The molecule has 0 bridgehead atoms. The van der Waals surface area contributed by atoms with E-state index >= 15 is 0 Å². The summed E-state index contributed by atoms with van der Waals surface area (Å²) in [5.74, 6) is -1.99. The molecule has 8 nitrogen and oxygen atoms in total. The molecule has 0 aliphatic carbocycles. The van der Waals surface area contributed by atoms with Crippen molar-refractivity contribution in [2.24, 2.45) is 0 Å². The topological polar surface area (TPSA) is 105 Å². The first-order chi connectivity index (χ1) is 13.5. The average molecular weight is 403 g/mol. The maximum Gasteiger partial charge on any atom is 0.325 e. The predicted molar refractivity (Wildman–Crippen MR) is 104 cm³/mol. The minimum Gasteiger partial charge on any atom is -0.454 e. The molecule has 0 radical (unpaired) electrons. The smallest absolute Gasteiger partial charge is 0.325 e. The molecule has 0 aliphatic heterocycles. The van der Waals surface area contributed by atoms with Crippen molar-refractivity contribution >= 4 is 35.0 Å². The second-order valence-electron chi connectivity index (χ2n) is 5.83. The second-order valence-corrected chi connectivity index (χ2v) is 6.78. The molecule has 1 aromatic heterocycles. The Balaban J connectivity index is 1.61. The molecule has 0 saturated heterocycles. The van der Waals surface area contributed by atoms with Crippen LogP contribution in [0.3, 0.4) is 0 Å². The minimum atomic E-state index is -0.737. The van der Waals surface area contributed by atoms with Gasteiger partial charge in [0.05, 0.1) is 11.4 Å². The van der Waals surface area contributed by atoms with Crippen LogP contribution < -0.4 is 10.6 Å². The van der Waals surface area contributed by atoms with Crippen LogP contribution in [0.4, 0.5) is 0 Å². The highest BCUT2D eigenvalue weighted by molar-refractivity contribution is 7.12. The first-order valence-corrected chi connectivity index (χ1v) is 9.35. The molecule has 0 unspecified atom stereocenters. The van der Waals surface area contributed by atoms with Crippen molar-refractivity contribution in [3.8, 4) is 0 Å². The number of benzene rings is 1. The van der Waals surface area contributed by atoms with E-state index in [1.54, 1.807) is 24.6 Å². The number of nitrogens with one attached hydrogen (secondary N) is 2. The Morgan fingerprint density at radius 1 is 1.00 bits per heavy atom. The first-order valence-electron chi connectivity index (χ1n) is 8.47. The van der Waals surface area contributed by atoms with Crippen LogP contribution in [0.2, 0.25) is 0 Å². The molecule has 2 rings (SSSR count). The van der Waals surface area contributed by atoms with E-state index in [4.69, 9.17) is 4.74 Å². The van der Waals surface area contributed by atoms with Crippen molar-refractivity contribution in [3.63, 3.8) is 0 Å². The molecule has 0 spiro atoms. The van der Waals surface area contributed by atoms with Gasteiger partial charge in [0.1, 0.15) is 6.54 Å². The number of carbonyl (C=O) groups excluding carboxylic acids is 4. The summed E-state index contributed by atoms with van der Waals surface area (Å²) in [5, 5.41) is 6.52. The third-order valence-electron chi connectivity index (χ3n) is 3.63. The number of amides is 3. The normalized spacial score (nSPS) is 10.0. The highest BCUT2D eigenvalue weighted by Crippen LogP contribution is 2.07. The maximum atomic E-state index is 12.0. The molecule has 3 amide bonds. The van der Waals surface area contributed by atoms with Crippen LogP contribution in [0.25, 0.3) is 0 Å². The maximum absolute atomic E-state index is 12.0. The highest BCUT2D eigenvalue weighted by atomic mass is 32.1. The number of carbonyl (C=O) groups is 4. The largest absolute Gasteiger partial charge is 0.454 e. The van der Waals surface area contributed by atoms with E-state index < -0.39 is 18.5 Å². The summed E-state index contributed by atoms with van der Waals surface area (Å²) >= 11 is 1.26. The second kappa shape index (κ2) is 10.8. The molecular formula is C19H21N3O5S. The van der Waals surface area contributed by atoms with Gasteiger partial charge in [-0.3, -0.25) is 19.2 Å². The lowest BCUT2D eigenvalue weighted by Crippen LogP contribution is -2.40. The lowest BCUT2D eigenvalue weighted by atomic mass is 10.2. The van der Waals surface area contributed by atoms with Gasteiger partial charge in [0.15, 0.2) is 6.61 Å². The fourth-order valence-electron chi connectivity index (χ4n) is 2.14. The zero-order valence-corrected chi connectivity index (χ0v) is 16.2. The summed E-state index contributed by atoms with van der Waals surface area (Å²) in [6, 6.07) is 12.8. The molecule has 0 aliphatic rings. The van der Waals surface area contributed by atoms with E-state index in [9.17, 15) is 19.2 Å². The van der Waals surface area contributed by atoms with Crippen LogP contribution in [0.15, 0.2) is 47.8 Å². The fraction of sp³-hybridized carbons (Fsp3) is 0.263. The fourth-order valence-corrected chi connectivity index (χ4v) is 2.78. The van der Waals surface area contributed by atoms with E-state index in [0.29, 0.717) is 11.4 Å². The van der Waals surface area contributed by atoms with Crippen molar-refractivity contribution in [1.29, 1.82) is 0 Å². The van der Waals surface area contributed by atoms with Gasteiger partial charge in [0.25, 0.3) is 11.8 Å². The van der Waals surface area contributed by atoms with Crippen LogP contribution in [0, 0.1) is 0 Å². The molecule has 0 fully saturated rings. The SMILES string of the molecule is CN(Cc1ccccc1)C(=O)COC(=O)CNC(=O)CNC(=O)c1cccs1. The van der Waals surface area contributed by atoms with Gasteiger partial charge in [-0.15, -0.1) is 11.3 Å². The highest BCUT2D eigenvalue weighted by Gasteiger charge is 2.14. The van der Waals surface area contributed by atoms with E-state index in [1.807, 2.05) is 30.3 Å². The van der Waals surface area contributed by atoms with Gasteiger partial charge < -0.3 is 20.3 Å². The van der Waals surface area contributed by atoms with Crippen LogP contribution in [-0.4, -0.2) is 55.3 Å². The molecule has 2 N–H and O–H groups in total. The number of nitrogens with zero attached hydrogens (tertiary/aromatic N) is 1. The molecule has 28 heavy (non-hydrogen) atoms. The summed E-state index contributed by atoms with van der Waals surface area (Å²) < 4.78 is 4.87. The lowest BCUT2D eigenvalue weighted by Gasteiger charge is -2.17. The number of hydrogen-bond donors (Lipinski definition) is 2. The number of likely N-dealkylation sites (N-methyl/N-ethyl adjacent to an activating group) is 1. The Morgan fingerprint density at radius 3 is 2.43 bits per heavy atom. The Hall–Kier alpha value is -3.20. The molecule has 1 aromatic carbocycles. The zero-order valence-electron chi connectivity index (χ0n) is 15.3. The number of esters is 1. The Kier molecular flexibility index (Phi) is 8.16. The standard InChI is InChI=1S/C19H21N3O5S/c1-22(12-14-6-3-2-4-7-14)17(24)13-27-18(25)11-20-16(23)10-21-19(26)15-8-5-9-28-15/h2-9H,10-13H2,1H3,(H,20,23)(H,21,26). The number of thiophene rings is 1. The Bertz CT molecular complexity index is 808. The molecule has 0 saturated carbocycles. The average Bonchev–Trinajstić information content (AvgIpc) is 3.24. The van der Waals surface area contributed by atoms with Crippen LogP contribution >= 0.6 is 11.3 Å². The van der Waals surface area contributed by atoms with E-state index in [1.165, 1.54) is 16.2 Å². The molecular weight excluding hydrogens is 382 g/mol. The quantitative estimate of drug-likeness (QED) is 0.603. The van der Waals surface area contributed by atoms with Gasteiger partial charge in [-0.2, -0.15) is 0 Å². The van der Waals surface area contributed by atoms with Gasteiger partial charge in [-0.05, 0) is 17.0 Å². The zero-order chi connectivity index (χ0) is 20.4. The first kappa shape index (κ1) is 21.1. The summed E-state index contributed by atoms with van der Waals surface area (Å²) in [5.41, 5.74) is 0.960.